The smallest absolute Gasteiger partial charge is 0.212 e. The van der Waals surface area contributed by atoms with Gasteiger partial charge in [0.05, 0.1) is 11.4 Å². The molecule has 3 atom stereocenters. The van der Waals surface area contributed by atoms with E-state index in [-0.39, 0.29) is 17.2 Å². The Labute approximate surface area is 154 Å². The monoisotopic (exact) mass is 375 g/mol. The standard InChI is InChI=1S/C18H25N5O2S/c1-15(16-3-5-17(6-4-16)23-14-19-13-20-23)21-26(24,25)12-18-7-2-9-22(11-18)10-8-18/h3-6,13-15,21H,2,7-12H2,1H3. The van der Waals surface area contributed by atoms with Crippen molar-refractivity contribution in [2.24, 2.45) is 5.41 Å². The maximum Gasteiger partial charge on any atom is 0.212 e. The van der Waals surface area contributed by atoms with Crippen molar-refractivity contribution < 1.29 is 8.42 Å². The quantitative estimate of drug-likeness (QED) is 0.832. The minimum atomic E-state index is -3.33. The highest BCUT2D eigenvalue weighted by molar-refractivity contribution is 7.89. The number of hydrogen-bond acceptors (Lipinski definition) is 5. The van der Waals surface area contributed by atoms with Gasteiger partial charge in [0.2, 0.25) is 10.0 Å². The van der Waals surface area contributed by atoms with Crippen LogP contribution in [0.3, 0.4) is 0 Å². The van der Waals surface area contributed by atoms with Crippen molar-refractivity contribution in [1.82, 2.24) is 24.4 Å². The van der Waals surface area contributed by atoms with Crippen molar-refractivity contribution in [1.29, 1.82) is 0 Å². The summed E-state index contributed by atoms with van der Waals surface area (Å²) in [6.45, 7) is 4.97. The Morgan fingerprint density at radius 1 is 1.23 bits per heavy atom. The number of nitrogens with one attached hydrogen (secondary N) is 1. The first-order valence-corrected chi connectivity index (χ1v) is 10.8. The van der Waals surface area contributed by atoms with Crippen molar-refractivity contribution in [2.75, 3.05) is 25.4 Å². The first-order chi connectivity index (χ1) is 12.4. The SMILES string of the molecule is CC(NS(=O)(=O)CC12CCCN(CC1)C2)c1ccc(-n2cncn2)cc1. The summed E-state index contributed by atoms with van der Waals surface area (Å²) in [5, 5.41) is 4.10. The molecule has 0 amide bonds. The van der Waals surface area contributed by atoms with Crippen LogP contribution in [-0.4, -0.2) is 53.5 Å². The Hall–Kier alpha value is -1.77. The zero-order valence-corrected chi connectivity index (χ0v) is 15.8. The average Bonchev–Trinajstić information content (AvgIpc) is 3.22. The van der Waals surface area contributed by atoms with Crippen LogP contribution in [0.4, 0.5) is 0 Å². The lowest BCUT2D eigenvalue weighted by molar-refractivity contribution is 0.202. The van der Waals surface area contributed by atoms with Crippen LogP contribution in [-0.2, 0) is 10.0 Å². The van der Waals surface area contributed by atoms with Gasteiger partial charge in [0.1, 0.15) is 12.7 Å². The van der Waals surface area contributed by atoms with E-state index in [1.807, 2.05) is 31.2 Å². The summed E-state index contributed by atoms with van der Waals surface area (Å²) in [4.78, 5) is 6.33. The number of benzene rings is 1. The zero-order chi connectivity index (χ0) is 18.2. The Bertz CT molecular complexity index is 846. The molecule has 4 rings (SSSR count). The highest BCUT2D eigenvalue weighted by Crippen LogP contribution is 2.40. The Balaban J connectivity index is 1.42. The van der Waals surface area contributed by atoms with Crippen LogP contribution in [0.25, 0.3) is 5.69 Å². The molecule has 2 aliphatic rings. The molecule has 2 fully saturated rings. The van der Waals surface area contributed by atoms with Gasteiger partial charge in [-0.05, 0) is 62.4 Å². The molecule has 1 N–H and O–H groups in total. The van der Waals surface area contributed by atoms with Gasteiger partial charge in [-0.25, -0.2) is 22.8 Å². The number of rotatable bonds is 6. The highest BCUT2D eigenvalue weighted by Gasteiger charge is 2.43. The summed E-state index contributed by atoms with van der Waals surface area (Å²) in [5.41, 5.74) is 1.78. The second-order valence-corrected chi connectivity index (χ2v) is 9.41. The third-order valence-electron chi connectivity index (χ3n) is 5.63. The normalized spacial score (nSPS) is 26.7. The number of fused-ring (bicyclic) bond motifs is 2. The molecule has 2 aliphatic heterocycles. The number of piperidine rings is 1. The third kappa shape index (κ3) is 3.67. The first-order valence-electron chi connectivity index (χ1n) is 9.12. The third-order valence-corrected chi connectivity index (χ3v) is 7.33. The van der Waals surface area contributed by atoms with E-state index in [0.29, 0.717) is 0 Å². The van der Waals surface area contributed by atoms with Crippen LogP contribution < -0.4 is 4.72 Å². The van der Waals surface area contributed by atoms with E-state index in [1.54, 1.807) is 11.0 Å². The van der Waals surface area contributed by atoms with Gasteiger partial charge in [-0.15, -0.1) is 0 Å². The predicted octanol–water partition coefficient (Wildman–Crippen LogP) is 1.73. The lowest BCUT2D eigenvalue weighted by Crippen LogP contribution is -2.42. The lowest BCUT2D eigenvalue weighted by Gasteiger charge is -2.34. The van der Waals surface area contributed by atoms with E-state index >= 15 is 0 Å². The van der Waals surface area contributed by atoms with Crippen LogP contribution in [0.1, 0.15) is 37.8 Å². The molecular formula is C18H25N5O2S. The molecule has 2 aromatic rings. The van der Waals surface area contributed by atoms with Crippen LogP contribution in [0.5, 0.6) is 0 Å². The van der Waals surface area contributed by atoms with E-state index < -0.39 is 10.0 Å². The van der Waals surface area contributed by atoms with Crippen molar-refractivity contribution in [3.05, 3.63) is 42.5 Å². The molecule has 1 aromatic heterocycles. The molecule has 3 heterocycles. The molecular weight excluding hydrogens is 350 g/mol. The fourth-order valence-electron chi connectivity index (χ4n) is 4.33. The van der Waals surface area contributed by atoms with Crippen LogP contribution in [0.15, 0.2) is 36.9 Å². The van der Waals surface area contributed by atoms with Gasteiger partial charge in [-0.1, -0.05) is 12.1 Å². The van der Waals surface area contributed by atoms with Crippen molar-refractivity contribution in [3.63, 3.8) is 0 Å². The molecule has 1 aromatic carbocycles. The molecule has 0 radical (unpaired) electrons. The Morgan fingerprint density at radius 2 is 2.04 bits per heavy atom. The Morgan fingerprint density at radius 3 is 2.77 bits per heavy atom. The summed E-state index contributed by atoms with van der Waals surface area (Å²) in [7, 11) is -3.33. The number of nitrogens with zero attached hydrogens (tertiary/aromatic N) is 4. The molecule has 2 bridgehead atoms. The fraction of sp³-hybridized carbons (Fsp3) is 0.556. The summed E-state index contributed by atoms with van der Waals surface area (Å²) < 4.78 is 30.1. The Kier molecular flexibility index (Phi) is 4.58. The van der Waals surface area contributed by atoms with Crippen LogP contribution in [0.2, 0.25) is 0 Å². The first kappa shape index (κ1) is 17.6. The maximum atomic E-state index is 12.8. The number of hydrogen-bond donors (Lipinski definition) is 1. The summed E-state index contributed by atoms with van der Waals surface area (Å²) in [6.07, 6.45) is 6.24. The van der Waals surface area contributed by atoms with E-state index in [1.165, 1.54) is 6.33 Å². The maximum absolute atomic E-state index is 12.8. The summed E-state index contributed by atoms with van der Waals surface area (Å²) in [5.74, 6) is 0.234. The minimum absolute atomic E-state index is 0.0548. The average molecular weight is 375 g/mol. The summed E-state index contributed by atoms with van der Waals surface area (Å²) >= 11 is 0. The summed E-state index contributed by atoms with van der Waals surface area (Å²) in [6, 6.07) is 7.44. The second-order valence-electron chi connectivity index (χ2n) is 7.66. The van der Waals surface area contributed by atoms with Gasteiger partial charge >= 0.3 is 0 Å². The minimum Gasteiger partial charge on any atom is -0.303 e. The molecule has 26 heavy (non-hydrogen) atoms. The van der Waals surface area contributed by atoms with Gasteiger partial charge in [-0.2, -0.15) is 5.10 Å². The van der Waals surface area contributed by atoms with E-state index in [0.717, 1.165) is 50.1 Å². The van der Waals surface area contributed by atoms with Crippen LogP contribution >= 0.6 is 0 Å². The van der Waals surface area contributed by atoms with Crippen molar-refractivity contribution in [3.8, 4) is 5.69 Å². The molecule has 2 saturated heterocycles. The molecule has 0 spiro atoms. The highest BCUT2D eigenvalue weighted by atomic mass is 32.2. The largest absolute Gasteiger partial charge is 0.303 e. The molecule has 140 valence electrons. The lowest BCUT2D eigenvalue weighted by atomic mass is 9.83. The van der Waals surface area contributed by atoms with Crippen molar-refractivity contribution >= 4 is 10.0 Å². The van der Waals surface area contributed by atoms with E-state index in [2.05, 4.69) is 19.7 Å². The molecule has 0 saturated carbocycles. The van der Waals surface area contributed by atoms with E-state index in [9.17, 15) is 8.42 Å². The molecule has 0 aliphatic carbocycles. The zero-order valence-electron chi connectivity index (χ0n) is 15.0. The van der Waals surface area contributed by atoms with Crippen LogP contribution in [0, 0.1) is 5.41 Å². The molecule has 7 nitrogen and oxygen atoms in total. The van der Waals surface area contributed by atoms with Gasteiger partial charge in [0.25, 0.3) is 0 Å². The molecule has 3 unspecified atom stereocenters. The van der Waals surface area contributed by atoms with Gasteiger partial charge < -0.3 is 4.90 Å². The molecule has 8 heteroatoms. The van der Waals surface area contributed by atoms with Gasteiger partial charge in [-0.3, -0.25) is 0 Å². The number of sulfonamides is 1. The van der Waals surface area contributed by atoms with Crippen molar-refractivity contribution in [2.45, 2.75) is 32.2 Å². The second kappa shape index (κ2) is 6.75. The fourth-order valence-corrected chi connectivity index (χ4v) is 6.27. The van der Waals surface area contributed by atoms with Gasteiger partial charge in [0.15, 0.2) is 0 Å². The van der Waals surface area contributed by atoms with Gasteiger partial charge in [0, 0.05) is 12.6 Å². The van der Waals surface area contributed by atoms with E-state index in [4.69, 9.17) is 0 Å². The number of aromatic nitrogens is 3. The topological polar surface area (TPSA) is 80.1 Å². The predicted molar refractivity (Wildman–Crippen MR) is 99.4 cm³/mol.